The largest absolute Gasteiger partial charge is 0.501 e. The first kappa shape index (κ1) is 21.3. The van der Waals surface area contributed by atoms with Gasteiger partial charge < -0.3 is 9.64 Å². The van der Waals surface area contributed by atoms with Crippen molar-refractivity contribution in [2.75, 3.05) is 57.4 Å². The molecule has 2 aliphatic rings. The van der Waals surface area contributed by atoms with E-state index in [1.807, 2.05) is 0 Å². The number of halogens is 3. The van der Waals surface area contributed by atoms with Gasteiger partial charge in [0, 0.05) is 39.3 Å². The van der Waals surface area contributed by atoms with Gasteiger partial charge in [0.2, 0.25) is 0 Å². The Labute approximate surface area is 161 Å². The Balaban J connectivity index is 1.78. The van der Waals surface area contributed by atoms with Crippen molar-refractivity contribution >= 4 is 25.7 Å². The summed E-state index contributed by atoms with van der Waals surface area (Å²) < 4.78 is 95.8. The number of sulfone groups is 1. The minimum atomic E-state index is -5.51. The molecule has 1 aromatic rings. The van der Waals surface area contributed by atoms with Crippen LogP contribution >= 0.6 is 0 Å². The van der Waals surface area contributed by atoms with Crippen LogP contribution in [0.5, 0.6) is 0 Å². The molecular weight excluding hydrogens is 423 g/mol. The Morgan fingerprint density at radius 1 is 0.821 bits per heavy atom. The van der Waals surface area contributed by atoms with Gasteiger partial charge in [0.15, 0.2) is 0 Å². The molecule has 0 radical (unpaired) electrons. The Kier molecular flexibility index (Phi) is 5.92. The van der Waals surface area contributed by atoms with Crippen LogP contribution in [0.25, 0.3) is 0 Å². The third-order valence-electron chi connectivity index (χ3n) is 4.66. The van der Waals surface area contributed by atoms with Crippen LogP contribution in [0.2, 0.25) is 0 Å². The summed E-state index contributed by atoms with van der Waals surface area (Å²) in [5.41, 5.74) is -5.49. The van der Waals surface area contributed by atoms with Crippen LogP contribution < -0.4 is 4.90 Å². The van der Waals surface area contributed by atoms with Gasteiger partial charge in [0.25, 0.3) is 20.0 Å². The van der Waals surface area contributed by atoms with Crippen molar-refractivity contribution in [3.8, 4) is 0 Å². The average Bonchev–Trinajstić information content (AvgIpc) is 2.68. The molecular formula is C15H20F3N3O5S2. The highest BCUT2D eigenvalue weighted by Crippen LogP contribution is 2.36. The molecule has 1 aromatic carbocycles. The summed E-state index contributed by atoms with van der Waals surface area (Å²) in [4.78, 5) is 0.635. The summed E-state index contributed by atoms with van der Waals surface area (Å²) in [6.45, 7) is 1.34. The third kappa shape index (κ3) is 3.99. The molecule has 2 fully saturated rings. The smallest absolute Gasteiger partial charge is 0.379 e. The molecule has 13 heteroatoms. The van der Waals surface area contributed by atoms with Gasteiger partial charge in [-0.2, -0.15) is 30.2 Å². The van der Waals surface area contributed by atoms with E-state index in [9.17, 15) is 30.0 Å². The topological polar surface area (TPSA) is 87.2 Å². The molecule has 0 aliphatic carbocycles. The number of ether oxygens (including phenoxy) is 1. The van der Waals surface area contributed by atoms with E-state index in [4.69, 9.17) is 4.74 Å². The van der Waals surface area contributed by atoms with Gasteiger partial charge in [0.1, 0.15) is 0 Å². The van der Waals surface area contributed by atoms with Crippen molar-refractivity contribution in [3.63, 3.8) is 0 Å². The van der Waals surface area contributed by atoms with Gasteiger partial charge in [-0.05, 0) is 12.1 Å². The molecule has 8 nitrogen and oxygen atoms in total. The van der Waals surface area contributed by atoms with Gasteiger partial charge in [0.05, 0.1) is 23.8 Å². The normalized spacial score (nSPS) is 21.0. The summed E-state index contributed by atoms with van der Waals surface area (Å²) >= 11 is 0. The predicted molar refractivity (Wildman–Crippen MR) is 94.8 cm³/mol. The van der Waals surface area contributed by atoms with Crippen LogP contribution in [0, 0.1) is 0 Å². The zero-order valence-electron chi connectivity index (χ0n) is 14.8. The molecule has 0 spiro atoms. The van der Waals surface area contributed by atoms with Gasteiger partial charge in [-0.25, -0.2) is 8.42 Å². The van der Waals surface area contributed by atoms with E-state index in [2.05, 4.69) is 0 Å². The monoisotopic (exact) mass is 443 g/mol. The summed E-state index contributed by atoms with van der Waals surface area (Å²) in [5, 5.41) is 0. The number of hydrogen-bond acceptors (Lipinski definition) is 6. The van der Waals surface area contributed by atoms with E-state index < -0.39 is 30.5 Å². The van der Waals surface area contributed by atoms with Crippen LogP contribution in [0.1, 0.15) is 0 Å². The number of nitrogens with zero attached hydrogens (tertiary/aromatic N) is 3. The fourth-order valence-electron chi connectivity index (χ4n) is 3.17. The second kappa shape index (κ2) is 7.78. The number of alkyl halides is 3. The number of anilines is 1. The van der Waals surface area contributed by atoms with Crippen LogP contribution in [-0.2, 0) is 24.8 Å². The fourth-order valence-corrected chi connectivity index (χ4v) is 5.71. The molecule has 2 heterocycles. The first-order chi connectivity index (χ1) is 13.0. The lowest BCUT2D eigenvalue weighted by molar-refractivity contribution is -0.0435. The zero-order valence-corrected chi connectivity index (χ0v) is 16.4. The average molecular weight is 443 g/mol. The number of para-hydroxylation sites is 1. The number of benzene rings is 1. The quantitative estimate of drug-likeness (QED) is 0.680. The molecule has 2 aliphatic heterocycles. The lowest BCUT2D eigenvalue weighted by Crippen LogP contribution is -2.55. The minimum absolute atomic E-state index is 0.0418. The van der Waals surface area contributed by atoms with Crippen LogP contribution in [0.4, 0.5) is 18.9 Å². The maximum atomic E-state index is 13.0. The highest BCUT2D eigenvalue weighted by molar-refractivity contribution is 7.92. The van der Waals surface area contributed by atoms with Crippen LogP contribution in [0.3, 0.4) is 0 Å². The number of hydrogen-bond donors (Lipinski definition) is 0. The van der Waals surface area contributed by atoms with Crippen LogP contribution in [-0.4, -0.2) is 83.4 Å². The third-order valence-corrected chi connectivity index (χ3v) is 8.23. The van der Waals surface area contributed by atoms with Crippen molar-refractivity contribution in [3.05, 3.63) is 24.3 Å². The van der Waals surface area contributed by atoms with Gasteiger partial charge in [-0.15, -0.1) is 0 Å². The Morgan fingerprint density at radius 2 is 1.36 bits per heavy atom. The lowest BCUT2D eigenvalue weighted by Gasteiger charge is -2.39. The fraction of sp³-hybridized carbons (Fsp3) is 0.600. The maximum absolute atomic E-state index is 13.0. The van der Waals surface area contributed by atoms with Crippen LogP contribution in [0.15, 0.2) is 29.2 Å². The number of piperazine rings is 1. The van der Waals surface area contributed by atoms with Gasteiger partial charge in [-0.3, -0.25) is 0 Å². The second-order valence-corrected chi connectivity index (χ2v) is 10.2. The molecule has 0 saturated carbocycles. The SMILES string of the molecule is O=S(=O)(N1CCOCC1)N1CCN(c2ccccc2S(=O)(=O)C(F)(F)F)CC1. The molecule has 158 valence electrons. The lowest BCUT2D eigenvalue weighted by atomic mass is 10.2. The zero-order chi connectivity index (χ0) is 20.6. The molecule has 0 unspecified atom stereocenters. The van der Waals surface area contributed by atoms with E-state index in [0.29, 0.717) is 13.2 Å². The Morgan fingerprint density at radius 3 is 1.93 bits per heavy atom. The molecule has 0 amide bonds. The van der Waals surface area contributed by atoms with Crippen molar-refractivity contribution < 1.29 is 34.7 Å². The van der Waals surface area contributed by atoms with Crippen molar-refractivity contribution in [1.29, 1.82) is 0 Å². The standard InChI is InChI=1S/C15H20F3N3O5S2/c16-15(17,18)27(22,23)14-4-2-1-3-13(14)19-5-7-20(8-6-19)28(24,25)21-9-11-26-12-10-21/h1-4H,5-12H2. The second-order valence-electron chi connectivity index (χ2n) is 6.32. The van der Waals surface area contributed by atoms with Gasteiger partial charge in [-0.1, -0.05) is 12.1 Å². The predicted octanol–water partition coefficient (Wildman–Crippen LogP) is 0.679. The van der Waals surface area contributed by atoms with E-state index in [0.717, 1.165) is 6.07 Å². The Bertz CT molecular complexity index is 907. The van der Waals surface area contributed by atoms with E-state index in [-0.39, 0.29) is 45.0 Å². The minimum Gasteiger partial charge on any atom is -0.379 e. The van der Waals surface area contributed by atoms with Crippen molar-refractivity contribution in [2.24, 2.45) is 0 Å². The first-order valence-corrected chi connectivity index (χ1v) is 11.4. The molecule has 3 rings (SSSR count). The summed E-state index contributed by atoms with van der Waals surface area (Å²) in [7, 11) is -9.20. The summed E-state index contributed by atoms with van der Waals surface area (Å²) in [5.74, 6) is 0. The molecule has 2 saturated heterocycles. The maximum Gasteiger partial charge on any atom is 0.501 e. The first-order valence-electron chi connectivity index (χ1n) is 8.53. The van der Waals surface area contributed by atoms with E-state index >= 15 is 0 Å². The summed E-state index contributed by atoms with van der Waals surface area (Å²) in [6.07, 6.45) is 0. The molecule has 0 atom stereocenters. The summed E-state index contributed by atoms with van der Waals surface area (Å²) in [6, 6.07) is 4.88. The molecule has 0 N–H and O–H groups in total. The molecule has 0 bridgehead atoms. The van der Waals surface area contributed by atoms with Crippen molar-refractivity contribution in [1.82, 2.24) is 8.61 Å². The number of morpholine rings is 1. The van der Waals surface area contributed by atoms with Crippen molar-refractivity contribution in [2.45, 2.75) is 10.4 Å². The van der Waals surface area contributed by atoms with Gasteiger partial charge >= 0.3 is 5.51 Å². The molecule has 28 heavy (non-hydrogen) atoms. The highest BCUT2D eigenvalue weighted by Gasteiger charge is 2.48. The van der Waals surface area contributed by atoms with E-state index in [1.165, 1.54) is 31.7 Å². The van der Waals surface area contributed by atoms with E-state index in [1.54, 1.807) is 0 Å². The highest BCUT2D eigenvalue weighted by atomic mass is 32.2. The number of rotatable bonds is 4. The molecule has 0 aromatic heterocycles. The Hall–Kier alpha value is -1.41.